The summed E-state index contributed by atoms with van der Waals surface area (Å²) < 4.78 is 35.5. The molecule has 0 spiro atoms. The van der Waals surface area contributed by atoms with Crippen molar-refractivity contribution in [1.82, 2.24) is 0 Å². The third-order valence-electron chi connectivity index (χ3n) is 2.69. The van der Waals surface area contributed by atoms with Crippen LogP contribution >= 0.6 is 0 Å². The van der Waals surface area contributed by atoms with Gasteiger partial charge in [-0.15, -0.1) is 0 Å². The second kappa shape index (κ2) is 4.80. The first-order valence-corrected chi connectivity index (χ1v) is 5.08. The normalized spacial score (nSPS) is 23.9. The summed E-state index contributed by atoms with van der Waals surface area (Å²) in [5.74, 6) is 0.0736. The molecule has 0 N–H and O–H groups in total. The van der Waals surface area contributed by atoms with Crippen LogP contribution in [0.4, 0.5) is 13.2 Å². The van der Waals surface area contributed by atoms with Crippen molar-refractivity contribution in [3.63, 3.8) is 0 Å². The van der Waals surface area contributed by atoms with Gasteiger partial charge in [0.05, 0.1) is 0 Å². The molecule has 1 fully saturated rings. The van der Waals surface area contributed by atoms with Crippen molar-refractivity contribution in [3.05, 3.63) is 0 Å². The van der Waals surface area contributed by atoms with Crippen molar-refractivity contribution in [2.45, 2.75) is 51.1 Å². The van der Waals surface area contributed by atoms with Crippen LogP contribution in [0.1, 0.15) is 44.9 Å². The summed E-state index contributed by atoms with van der Waals surface area (Å²) >= 11 is 0. The van der Waals surface area contributed by atoms with Gasteiger partial charge in [-0.05, 0) is 25.7 Å². The summed E-state index contributed by atoms with van der Waals surface area (Å²) in [6.07, 6.45) is -1.06. The summed E-state index contributed by atoms with van der Waals surface area (Å²) in [5, 5.41) is 0. The molecule has 0 amide bonds. The average molecular weight is 208 g/mol. The molecule has 1 unspecified atom stereocenters. The maximum Gasteiger partial charge on any atom is 0.389 e. The molecule has 0 aromatic rings. The number of carbonyl (C=O) groups is 1. The zero-order valence-electron chi connectivity index (χ0n) is 8.07. The highest BCUT2D eigenvalue weighted by molar-refractivity contribution is 5.81. The van der Waals surface area contributed by atoms with Gasteiger partial charge in [-0.3, -0.25) is 4.79 Å². The van der Waals surface area contributed by atoms with E-state index in [-0.39, 0.29) is 18.1 Å². The van der Waals surface area contributed by atoms with Crippen molar-refractivity contribution < 1.29 is 18.0 Å². The Kier molecular flexibility index (Phi) is 3.96. The maximum absolute atomic E-state index is 11.8. The number of rotatable bonds is 3. The van der Waals surface area contributed by atoms with Gasteiger partial charge in [0.25, 0.3) is 0 Å². The van der Waals surface area contributed by atoms with E-state index in [9.17, 15) is 18.0 Å². The summed E-state index contributed by atoms with van der Waals surface area (Å²) in [6, 6.07) is 0. The van der Waals surface area contributed by atoms with Crippen molar-refractivity contribution in [3.8, 4) is 0 Å². The molecule has 0 radical (unpaired) electrons. The predicted molar refractivity (Wildman–Crippen MR) is 46.9 cm³/mol. The number of hydrogen-bond donors (Lipinski definition) is 0. The number of hydrogen-bond acceptors (Lipinski definition) is 1. The molecular formula is C10H15F3O. The van der Waals surface area contributed by atoms with Crippen molar-refractivity contribution in [1.29, 1.82) is 0 Å². The first-order chi connectivity index (χ1) is 6.49. The first kappa shape index (κ1) is 11.5. The van der Waals surface area contributed by atoms with Crippen molar-refractivity contribution in [2.75, 3.05) is 0 Å². The molecule has 1 nitrogen and oxygen atoms in total. The second-order valence-corrected chi connectivity index (χ2v) is 3.92. The summed E-state index contributed by atoms with van der Waals surface area (Å²) in [7, 11) is 0. The molecule has 1 aliphatic rings. The Hall–Kier alpha value is -0.540. The summed E-state index contributed by atoms with van der Waals surface area (Å²) in [4.78, 5) is 11.3. The van der Waals surface area contributed by atoms with Crippen LogP contribution in [0.3, 0.4) is 0 Å². The highest BCUT2D eigenvalue weighted by Gasteiger charge is 2.28. The van der Waals surface area contributed by atoms with Crippen molar-refractivity contribution >= 4 is 5.78 Å². The first-order valence-electron chi connectivity index (χ1n) is 5.08. The zero-order chi connectivity index (χ0) is 10.6. The topological polar surface area (TPSA) is 17.1 Å². The lowest BCUT2D eigenvalue weighted by atomic mass is 9.84. The Morgan fingerprint density at radius 2 is 2.00 bits per heavy atom. The molecule has 1 saturated carbocycles. The molecule has 14 heavy (non-hydrogen) atoms. The number of alkyl halides is 3. The Bertz CT molecular complexity index is 198. The summed E-state index contributed by atoms with van der Waals surface area (Å²) in [6.45, 7) is 0. The molecule has 82 valence electrons. The maximum atomic E-state index is 11.8. The lowest BCUT2D eigenvalue weighted by Crippen LogP contribution is -2.19. The van der Waals surface area contributed by atoms with E-state index in [1.54, 1.807) is 0 Å². The van der Waals surface area contributed by atoms with Crippen LogP contribution in [0, 0.1) is 5.92 Å². The third kappa shape index (κ3) is 4.11. The standard InChI is InChI=1S/C10H15F3O/c11-10(12,13)7-3-5-8-4-1-2-6-9(8)14/h8H,1-7H2. The van der Waals surface area contributed by atoms with Gasteiger partial charge in [0.1, 0.15) is 5.78 Å². The smallest absolute Gasteiger partial charge is 0.299 e. The van der Waals surface area contributed by atoms with E-state index < -0.39 is 12.6 Å². The Balaban J connectivity index is 2.20. The van der Waals surface area contributed by atoms with Gasteiger partial charge in [0.15, 0.2) is 0 Å². The Labute approximate surface area is 81.7 Å². The quantitative estimate of drug-likeness (QED) is 0.694. The van der Waals surface area contributed by atoms with E-state index in [2.05, 4.69) is 0 Å². The number of Topliss-reactive ketones (excluding diaryl/α,β-unsaturated/α-hetero) is 1. The van der Waals surface area contributed by atoms with Crippen LogP contribution in [0.15, 0.2) is 0 Å². The van der Waals surface area contributed by atoms with Gasteiger partial charge in [0, 0.05) is 18.8 Å². The van der Waals surface area contributed by atoms with Gasteiger partial charge in [0.2, 0.25) is 0 Å². The number of carbonyl (C=O) groups excluding carboxylic acids is 1. The highest BCUT2D eigenvalue weighted by atomic mass is 19.4. The molecular weight excluding hydrogens is 193 g/mol. The molecule has 1 rings (SSSR count). The number of halogens is 3. The van der Waals surface area contributed by atoms with Gasteiger partial charge in [-0.25, -0.2) is 0 Å². The van der Waals surface area contributed by atoms with E-state index in [4.69, 9.17) is 0 Å². The minimum Gasteiger partial charge on any atom is -0.299 e. The van der Waals surface area contributed by atoms with Crippen LogP contribution in [-0.2, 0) is 4.79 Å². The fourth-order valence-electron chi connectivity index (χ4n) is 1.91. The minimum absolute atomic E-state index is 0.0916. The SMILES string of the molecule is O=C1CCCCC1CCCC(F)(F)F. The second-order valence-electron chi connectivity index (χ2n) is 3.92. The van der Waals surface area contributed by atoms with E-state index in [1.807, 2.05) is 0 Å². The van der Waals surface area contributed by atoms with Crippen LogP contribution in [0.25, 0.3) is 0 Å². The third-order valence-corrected chi connectivity index (χ3v) is 2.69. The molecule has 0 aromatic carbocycles. The lowest BCUT2D eigenvalue weighted by molar-refractivity contribution is -0.138. The van der Waals surface area contributed by atoms with Crippen LogP contribution in [-0.4, -0.2) is 12.0 Å². The van der Waals surface area contributed by atoms with Crippen LogP contribution in [0.2, 0.25) is 0 Å². The molecule has 0 aliphatic heterocycles. The van der Waals surface area contributed by atoms with E-state index in [0.29, 0.717) is 12.8 Å². The van der Waals surface area contributed by atoms with Gasteiger partial charge < -0.3 is 0 Å². The number of ketones is 1. The zero-order valence-corrected chi connectivity index (χ0v) is 8.07. The van der Waals surface area contributed by atoms with Gasteiger partial charge >= 0.3 is 6.18 Å². The van der Waals surface area contributed by atoms with Gasteiger partial charge in [-0.1, -0.05) is 6.42 Å². The lowest BCUT2D eigenvalue weighted by Gasteiger charge is -2.20. The molecule has 0 saturated heterocycles. The fourth-order valence-corrected chi connectivity index (χ4v) is 1.91. The molecule has 4 heteroatoms. The highest BCUT2D eigenvalue weighted by Crippen LogP contribution is 2.28. The Morgan fingerprint density at radius 1 is 1.29 bits per heavy atom. The van der Waals surface area contributed by atoms with Gasteiger partial charge in [-0.2, -0.15) is 13.2 Å². The summed E-state index contributed by atoms with van der Waals surface area (Å²) in [5.41, 5.74) is 0. The molecule has 1 aliphatic carbocycles. The average Bonchev–Trinajstić information content (AvgIpc) is 2.06. The minimum atomic E-state index is -4.07. The van der Waals surface area contributed by atoms with Crippen LogP contribution < -0.4 is 0 Å². The molecule has 0 heterocycles. The molecule has 0 bridgehead atoms. The van der Waals surface area contributed by atoms with E-state index in [0.717, 1.165) is 19.3 Å². The van der Waals surface area contributed by atoms with Crippen molar-refractivity contribution in [2.24, 2.45) is 5.92 Å². The molecule has 1 atom stereocenters. The van der Waals surface area contributed by atoms with E-state index >= 15 is 0 Å². The van der Waals surface area contributed by atoms with Crippen LogP contribution in [0.5, 0.6) is 0 Å². The monoisotopic (exact) mass is 208 g/mol. The molecule has 0 aromatic heterocycles. The predicted octanol–water partition coefficient (Wildman–Crippen LogP) is 3.48. The van der Waals surface area contributed by atoms with E-state index in [1.165, 1.54) is 0 Å². The largest absolute Gasteiger partial charge is 0.389 e. The Morgan fingerprint density at radius 3 is 2.57 bits per heavy atom. The fraction of sp³-hybridized carbons (Fsp3) is 0.900.